The maximum atomic E-state index is 9.02. The fourth-order valence-electron chi connectivity index (χ4n) is 1.43. The van der Waals surface area contributed by atoms with Crippen molar-refractivity contribution in [1.29, 1.82) is 0 Å². The minimum Gasteiger partial charge on any atom is -0.392 e. The van der Waals surface area contributed by atoms with Gasteiger partial charge in [-0.25, -0.2) is 4.98 Å². The van der Waals surface area contributed by atoms with Gasteiger partial charge in [0.2, 0.25) is 0 Å². The first-order chi connectivity index (χ1) is 8.28. The van der Waals surface area contributed by atoms with E-state index in [1.54, 1.807) is 6.20 Å². The van der Waals surface area contributed by atoms with Gasteiger partial charge >= 0.3 is 0 Å². The fourth-order valence-corrected chi connectivity index (χ4v) is 1.43. The van der Waals surface area contributed by atoms with Crippen LogP contribution in [0.3, 0.4) is 0 Å². The molecule has 2 aromatic rings. The number of aliphatic hydroxyl groups is 1. The highest BCUT2D eigenvalue weighted by molar-refractivity contribution is 5.41. The molecule has 1 N–H and O–H groups in total. The van der Waals surface area contributed by atoms with Crippen molar-refractivity contribution in [2.24, 2.45) is 0 Å². The molecule has 0 aliphatic heterocycles. The summed E-state index contributed by atoms with van der Waals surface area (Å²) in [5.74, 6) is 6.03. The van der Waals surface area contributed by atoms with Gasteiger partial charge in [-0.2, -0.15) is 0 Å². The summed E-state index contributed by atoms with van der Waals surface area (Å²) in [4.78, 5) is 4.21. The lowest BCUT2D eigenvalue weighted by molar-refractivity contribution is 0.282. The summed E-state index contributed by atoms with van der Waals surface area (Å²) in [6, 6.07) is 11.4. The largest absolute Gasteiger partial charge is 0.392 e. The highest BCUT2D eigenvalue weighted by Crippen LogP contribution is 2.04. The molecule has 0 fully saturated rings. The van der Waals surface area contributed by atoms with Crippen LogP contribution in [0, 0.1) is 18.8 Å². The van der Waals surface area contributed by atoms with E-state index in [1.165, 1.54) is 0 Å². The Morgan fingerprint density at radius 2 is 2.06 bits per heavy atom. The first kappa shape index (κ1) is 11.4. The second-order valence-electron chi connectivity index (χ2n) is 3.83. The van der Waals surface area contributed by atoms with Crippen LogP contribution in [0.4, 0.5) is 0 Å². The van der Waals surface area contributed by atoms with E-state index in [4.69, 9.17) is 5.11 Å². The molecule has 1 aromatic carbocycles. The third-order valence-electron chi connectivity index (χ3n) is 2.36. The average molecular weight is 223 g/mol. The maximum absolute atomic E-state index is 9.02. The average Bonchev–Trinajstić information content (AvgIpc) is 2.38. The molecule has 0 saturated heterocycles. The van der Waals surface area contributed by atoms with Crippen molar-refractivity contribution in [1.82, 2.24) is 4.98 Å². The minimum absolute atomic E-state index is 0.0400. The topological polar surface area (TPSA) is 33.1 Å². The number of hydrogen-bond donors (Lipinski definition) is 1. The quantitative estimate of drug-likeness (QED) is 0.752. The highest BCUT2D eigenvalue weighted by Gasteiger charge is 1.91. The molecule has 0 amide bonds. The van der Waals surface area contributed by atoms with E-state index in [0.717, 1.165) is 22.4 Å². The second kappa shape index (κ2) is 5.29. The van der Waals surface area contributed by atoms with Gasteiger partial charge in [0, 0.05) is 11.8 Å². The van der Waals surface area contributed by atoms with Crippen molar-refractivity contribution >= 4 is 0 Å². The van der Waals surface area contributed by atoms with Crippen molar-refractivity contribution in [3.63, 3.8) is 0 Å². The van der Waals surface area contributed by atoms with Crippen LogP contribution in [0.2, 0.25) is 0 Å². The molecule has 0 bridgehead atoms. The number of aliphatic hydroxyl groups excluding tert-OH is 1. The molecule has 1 aromatic heterocycles. The Kier molecular flexibility index (Phi) is 3.54. The molecule has 2 heteroatoms. The zero-order chi connectivity index (χ0) is 12.1. The van der Waals surface area contributed by atoms with E-state index in [-0.39, 0.29) is 6.61 Å². The van der Waals surface area contributed by atoms with Crippen LogP contribution < -0.4 is 0 Å². The lowest BCUT2D eigenvalue weighted by atomic mass is 10.1. The monoisotopic (exact) mass is 223 g/mol. The lowest BCUT2D eigenvalue weighted by Crippen LogP contribution is -1.85. The van der Waals surface area contributed by atoms with Gasteiger partial charge in [-0.15, -0.1) is 0 Å². The highest BCUT2D eigenvalue weighted by atomic mass is 16.3. The fraction of sp³-hybridized carbons (Fsp3) is 0.133. The molecule has 2 rings (SSSR count). The van der Waals surface area contributed by atoms with Crippen molar-refractivity contribution in [3.8, 4) is 11.8 Å². The third-order valence-corrected chi connectivity index (χ3v) is 2.36. The van der Waals surface area contributed by atoms with Crippen LogP contribution in [0.25, 0.3) is 0 Å². The second-order valence-corrected chi connectivity index (χ2v) is 3.83. The minimum atomic E-state index is 0.0400. The predicted molar refractivity (Wildman–Crippen MR) is 67.3 cm³/mol. The van der Waals surface area contributed by atoms with Gasteiger partial charge in [0.1, 0.15) is 5.69 Å². The van der Waals surface area contributed by atoms with Gasteiger partial charge in [-0.05, 0) is 42.2 Å². The normalized spacial score (nSPS) is 9.53. The van der Waals surface area contributed by atoms with E-state index < -0.39 is 0 Å². The maximum Gasteiger partial charge on any atom is 0.113 e. The standard InChI is InChI=1S/C15H13NO/c1-12-5-7-15(16-10-12)8-6-13-3-2-4-14(9-13)11-17/h2-5,7,9-10,17H,11H2,1H3. The summed E-state index contributed by atoms with van der Waals surface area (Å²) in [5.41, 5.74) is 3.63. The smallest absolute Gasteiger partial charge is 0.113 e. The summed E-state index contributed by atoms with van der Waals surface area (Å²) in [7, 11) is 0. The summed E-state index contributed by atoms with van der Waals surface area (Å²) in [5, 5.41) is 9.02. The molecule has 2 nitrogen and oxygen atoms in total. The molecule has 1 heterocycles. The SMILES string of the molecule is Cc1ccc(C#Cc2cccc(CO)c2)nc1. The Morgan fingerprint density at radius 1 is 1.18 bits per heavy atom. The molecule has 0 radical (unpaired) electrons. The number of hydrogen-bond acceptors (Lipinski definition) is 2. The van der Waals surface area contributed by atoms with E-state index >= 15 is 0 Å². The van der Waals surface area contributed by atoms with Gasteiger partial charge in [0.05, 0.1) is 6.61 Å². The molecule has 0 atom stereocenters. The molecule has 0 spiro atoms. The molecule has 84 valence electrons. The van der Waals surface area contributed by atoms with Crippen molar-refractivity contribution < 1.29 is 5.11 Å². The number of aromatic nitrogens is 1. The first-order valence-corrected chi connectivity index (χ1v) is 5.42. The first-order valence-electron chi connectivity index (χ1n) is 5.42. The van der Waals surface area contributed by atoms with Crippen LogP contribution >= 0.6 is 0 Å². The molecular formula is C15H13NO. The summed E-state index contributed by atoms with van der Waals surface area (Å²) >= 11 is 0. The molecule has 17 heavy (non-hydrogen) atoms. The molecule has 0 saturated carbocycles. The van der Waals surface area contributed by atoms with Crippen LogP contribution in [0.15, 0.2) is 42.6 Å². The predicted octanol–water partition coefficient (Wildman–Crippen LogP) is 2.28. The Morgan fingerprint density at radius 3 is 2.76 bits per heavy atom. The van der Waals surface area contributed by atoms with Gasteiger partial charge in [0.15, 0.2) is 0 Å². The van der Waals surface area contributed by atoms with Gasteiger partial charge in [-0.3, -0.25) is 0 Å². The van der Waals surface area contributed by atoms with E-state index in [2.05, 4.69) is 16.8 Å². The van der Waals surface area contributed by atoms with E-state index in [0.29, 0.717) is 0 Å². The molecule has 0 unspecified atom stereocenters. The molecule has 0 aliphatic rings. The Hall–Kier alpha value is -2.11. The Bertz CT molecular complexity index is 561. The van der Waals surface area contributed by atoms with E-state index in [1.807, 2.05) is 43.3 Å². The van der Waals surface area contributed by atoms with Crippen molar-refractivity contribution in [2.45, 2.75) is 13.5 Å². The van der Waals surface area contributed by atoms with Gasteiger partial charge in [-0.1, -0.05) is 24.1 Å². The Labute approximate surface area is 101 Å². The van der Waals surface area contributed by atoms with Crippen LogP contribution in [0.5, 0.6) is 0 Å². The third kappa shape index (κ3) is 3.17. The lowest BCUT2D eigenvalue weighted by Gasteiger charge is -1.95. The number of benzene rings is 1. The number of rotatable bonds is 1. The number of aryl methyl sites for hydroxylation is 1. The molecule has 0 aliphatic carbocycles. The van der Waals surface area contributed by atoms with E-state index in [9.17, 15) is 0 Å². The Balaban J connectivity index is 2.23. The van der Waals surface area contributed by atoms with Crippen LogP contribution in [0.1, 0.15) is 22.4 Å². The summed E-state index contributed by atoms with van der Waals surface area (Å²) in [6.07, 6.45) is 1.80. The molecular weight excluding hydrogens is 210 g/mol. The number of nitrogens with zero attached hydrogens (tertiary/aromatic N) is 1. The summed E-state index contributed by atoms with van der Waals surface area (Å²) in [6.45, 7) is 2.03. The zero-order valence-electron chi connectivity index (χ0n) is 9.64. The van der Waals surface area contributed by atoms with Gasteiger partial charge < -0.3 is 5.11 Å². The number of pyridine rings is 1. The van der Waals surface area contributed by atoms with Crippen molar-refractivity contribution in [3.05, 3.63) is 65.0 Å². The summed E-state index contributed by atoms with van der Waals surface area (Å²) < 4.78 is 0. The van der Waals surface area contributed by atoms with Crippen LogP contribution in [-0.2, 0) is 6.61 Å². The van der Waals surface area contributed by atoms with Crippen molar-refractivity contribution in [2.75, 3.05) is 0 Å². The van der Waals surface area contributed by atoms with Gasteiger partial charge in [0.25, 0.3) is 0 Å². The zero-order valence-corrected chi connectivity index (χ0v) is 9.64. The van der Waals surface area contributed by atoms with Crippen LogP contribution in [-0.4, -0.2) is 10.1 Å².